The normalized spacial score (nSPS) is 11.0. The largest absolute Gasteiger partial charge is 3.00 e. The number of benzene rings is 3. The monoisotopic (exact) mass is 596 g/mol. The van der Waals surface area contributed by atoms with Gasteiger partial charge in [0, 0.05) is 13.1 Å². The van der Waals surface area contributed by atoms with Crippen molar-refractivity contribution in [3.63, 3.8) is 0 Å². The van der Waals surface area contributed by atoms with Crippen molar-refractivity contribution in [1.82, 2.24) is 10.6 Å². The molecule has 1 saturated heterocycles. The maximum Gasteiger partial charge on any atom is 3.00 e. The van der Waals surface area contributed by atoms with Gasteiger partial charge in [0.15, 0.2) is 0 Å². The molecule has 0 saturated carbocycles. The second-order valence-corrected chi connectivity index (χ2v) is 6.18. The third-order valence-corrected chi connectivity index (χ3v) is 3.64. The molecule has 0 aliphatic carbocycles. The minimum Gasteiger partial charge on any atom is -0.660 e. The quantitative estimate of drug-likeness (QED) is 0.164. The number of hydrogen-bond acceptors (Lipinski definition) is 5. The Morgan fingerprint density at radius 1 is 0.472 bits per heavy atom. The summed E-state index contributed by atoms with van der Waals surface area (Å²) < 4.78 is 0. The second kappa shape index (κ2) is 35.7. The molecule has 0 spiro atoms. The molecule has 1 radical (unpaired) electrons. The zero-order chi connectivity index (χ0) is 21.7. The summed E-state index contributed by atoms with van der Waals surface area (Å²) in [6.45, 7) is 6.19. The van der Waals surface area contributed by atoms with Crippen LogP contribution < -0.4 is 10.6 Å². The van der Waals surface area contributed by atoms with Gasteiger partial charge < -0.3 is 46.1 Å². The van der Waals surface area contributed by atoms with Crippen LogP contribution in [0.1, 0.15) is 0 Å². The number of hydrogen-bond donors (Lipinski definition) is 5. The Hall–Kier alpha value is -1.48. The first kappa shape index (κ1) is 47.7. The third-order valence-electron chi connectivity index (χ3n) is 3.64. The molecule has 6 nitrogen and oxygen atoms in total. The molecular weight excluding hydrogens is 557 g/mol. The molecular formula is C26H41Cl3N3O3Ti. The number of rotatable bonds is 0. The summed E-state index contributed by atoms with van der Waals surface area (Å²) in [4.78, 5) is 0. The van der Waals surface area contributed by atoms with E-state index in [1.807, 2.05) is 18.2 Å². The van der Waals surface area contributed by atoms with E-state index in [0.717, 1.165) is 39.3 Å². The third kappa shape index (κ3) is 32.5. The zero-order valence-electron chi connectivity index (χ0n) is 20.9. The summed E-state index contributed by atoms with van der Waals surface area (Å²) in [5, 5.41) is 36.7. The van der Waals surface area contributed by atoms with Crippen molar-refractivity contribution in [2.24, 2.45) is 0 Å². The zero-order valence-corrected chi connectivity index (χ0v) is 24.9. The van der Waals surface area contributed by atoms with Gasteiger partial charge in [-0.25, -0.2) is 0 Å². The Kier molecular flexibility index (Phi) is 47.3. The van der Waals surface area contributed by atoms with Crippen molar-refractivity contribution >= 4 is 37.2 Å². The van der Waals surface area contributed by atoms with E-state index in [-0.39, 0.29) is 73.8 Å². The van der Waals surface area contributed by atoms with Crippen LogP contribution in [0.25, 0.3) is 5.32 Å². The Morgan fingerprint density at radius 2 is 0.722 bits per heavy atom. The second-order valence-electron chi connectivity index (χ2n) is 6.18. The van der Waals surface area contributed by atoms with Crippen molar-refractivity contribution < 1.29 is 37.0 Å². The van der Waals surface area contributed by atoms with Gasteiger partial charge >= 0.3 is 21.7 Å². The van der Waals surface area contributed by atoms with E-state index in [4.69, 9.17) is 15.3 Å². The topological polar surface area (TPSA) is 98.9 Å². The fraction of sp³-hybridized carbons (Fsp3) is 0.231. The molecule has 3 aromatic rings. The van der Waals surface area contributed by atoms with Crippen LogP contribution in [-0.2, 0) is 21.7 Å². The predicted octanol–water partition coefficient (Wildman–Crippen LogP) is 5.89. The summed E-state index contributed by atoms with van der Waals surface area (Å²) in [5.41, 5.74) is 0. The van der Waals surface area contributed by atoms with Crippen molar-refractivity contribution in [3.8, 4) is 17.2 Å². The standard InChI is InChI=1S/C6H14N3.3C6H6O.2CH3.3ClH.Ti/c1-2-8-5-6-9-4-3-7-1;3*7-6-4-2-1-3-5-6;;;;;;/h7-8H,1-6H2;3*1-5,7H;2*1H3;3*1H;/q-1;;;;2*-1;;;;+3. The van der Waals surface area contributed by atoms with Gasteiger partial charge in [0.25, 0.3) is 0 Å². The molecule has 203 valence electrons. The summed E-state index contributed by atoms with van der Waals surface area (Å²) in [7, 11) is 0. The molecule has 3 aromatic carbocycles. The molecule has 0 bridgehead atoms. The van der Waals surface area contributed by atoms with Crippen LogP contribution in [0.15, 0.2) is 91.0 Å². The molecule has 4 rings (SSSR count). The van der Waals surface area contributed by atoms with Gasteiger partial charge in [-0.15, -0.1) is 50.3 Å². The SMILES string of the molecule is C1CNCCNCC[N-]1.Cl.Cl.Cl.Oc1ccccc1.Oc1ccccc1.Oc1ccccc1.[CH3-].[CH3-].[Ti+3]. The van der Waals surface area contributed by atoms with Crippen LogP contribution >= 0.6 is 37.2 Å². The van der Waals surface area contributed by atoms with Crippen molar-refractivity contribution in [1.29, 1.82) is 0 Å². The first-order valence-corrected chi connectivity index (χ1v) is 9.95. The van der Waals surface area contributed by atoms with Crippen LogP contribution in [0.2, 0.25) is 0 Å². The van der Waals surface area contributed by atoms with E-state index in [0.29, 0.717) is 17.2 Å². The molecule has 1 fully saturated rings. The molecule has 1 heterocycles. The maximum absolute atomic E-state index is 8.63. The molecule has 10 heteroatoms. The van der Waals surface area contributed by atoms with Gasteiger partial charge in [-0.1, -0.05) is 54.6 Å². The van der Waals surface area contributed by atoms with Gasteiger partial charge in [-0.05, 0) is 49.5 Å². The molecule has 0 atom stereocenters. The maximum atomic E-state index is 8.63. The smallest absolute Gasteiger partial charge is 0.660 e. The van der Waals surface area contributed by atoms with Crippen LogP contribution in [0.5, 0.6) is 17.2 Å². The number of phenols is 3. The molecule has 0 aromatic heterocycles. The van der Waals surface area contributed by atoms with Crippen LogP contribution in [0.4, 0.5) is 0 Å². The molecule has 36 heavy (non-hydrogen) atoms. The van der Waals surface area contributed by atoms with Gasteiger partial charge in [0.05, 0.1) is 0 Å². The van der Waals surface area contributed by atoms with Gasteiger partial charge in [0.2, 0.25) is 0 Å². The fourth-order valence-electron chi connectivity index (χ4n) is 2.14. The summed E-state index contributed by atoms with van der Waals surface area (Å²) in [5.74, 6) is 0.965. The van der Waals surface area contributed by atoms with E-state index in [1.165, 1.54) is 0 Å². The number of aromatic hydroxyl groups is 3. The number of nitrogens with one attached hydrogen (secondary N) is 2. The van der Waals surface area contributed by atoms with Gasteiger partial charge in [-0.2, -0.15) is 0 Å². The minimum absolute atomic E-state index is 0. The van der Waals surface area contributed by atoms with E-state index in [9.17, 15) is 0 Å². The van der Waals surface area contributed by atoms with E-state index < -0.39 is 0 Å². The Balaban J connectivity index is -0.0000000793. The molecule has 1 aliphatic heterocycles. The Bertz CT molecular complexity index is 633. The van der Waals surface area contributed by atoms with Gasteiger partial charge in [0.1, 0.15) is 17.2 Å². The van der Waals surface area contributed by atoms with Gasteiger partial charge in [-0.3, -0.25) is 0 Å². The number of halogens is 3. The van der Waals surface area contributed by atoms with Crippen LogP contribution in [0, 0.1) is 14.9 Å². The van der Waals surface area contributed by atoms with Crippen molar-refractivity contribution in [2.75, 3.05) is 39.3 Å². The van der Waals surface area contributed by atoms with Crippen molar-refractivity contribution in [3.05, 3.63) is 111 Å². The summed E-state index contributed by atoms with van der Waals surface area (Å²) in [6, 6.07) is 26.1. The van der Waals surface area contributed by atoms with E-state index >= 15 is 0 Å². The number of phenolic OH excluding ortho intramolecular Hbond substituents is 3. The fourth-order valence-corrected chi connectivity index (χ4v) is 2.14. The molecule has 5 N–H and O–H groups in total. The predicted molar refractivity (Wildman–Crippen MR) is 158 cm³/mol. The molecule has 1 aliphatic rings. The number of nitrogens with zero attached hydrogens (tertiary/aromatic N) is 1. The van der Waals surface area contributed by atoms with E-state index in [1.54, 1.807) is 72.8 Å². The summed E-state index contributed by atoms with van der Waals surface area (Å²) in [6.07, 6.45) is 0. The average molecular weight is 598 g/mol. The first-order valence-electron chi connectivity index (χ1n) is 9.95. The average Bonchev–Trinajstić information content (AvgIpc) is 2.93. The van der Waals surface area contributed by atoms with Crippen LogP contribution in [0.3, 0.4) is 0 Å². The molecule has 0 unspecified atom stereocenters. The first-order chi connectivity index (χ1) is 14.7. The van der Waals surface area contributed by atoms with Crippen molar-refractivity contribution in [2.45, 2.75) is 0 Å². The Labute approximate surface area is 251 Å². The minimum atomic E-state index is 0. The molecule has 0 amide bonds. The van der Waals surface area contributed by atoms with Crippen LogP contribution in [-0.4, -0.2) is 54.6 Å². The van der Waals surface area contributed by atoms with E-state index in [2.05, 4.69) is 16.0 Å². The Morgan fingerprint density at radius 3 is 0.917 bits per heavy atom. The number of para-hydroxylation sites is 3. The summed E-state index contributed by atoms with van der Waals surface area (Å²) >= 11 is 0.